The van der Waals surface area contributed by atoms with Crippen LogP contribution < -0.4 is 0 Å². The molecule has 0 spiro atoms. The third-order valence-corrected chi connectivity index (χ3v) is 2.95. The van der Waals surface area contributed by atoms with E-state index in [2.05, 4.69) is 18.7 Å². The number of hydrogen-bond donors (Lipinski definition) is 0. The zero-order valence-corrected chi connectivity index (χ0v) is 10.1. The predicted octanol–water partition coefficient (Wildman–Crippen LogP) is 2.36. The minimum atomic E-state index is 0.429. The van der Waals surface area contributed by atoms with Gasteiger partial charge in [0.2, 0.25) is 0 Å². The molecule has 3 heteroatoms. The van der Waals surface area contributed by atoms with Gasteiger partial charge in [0.05, 0.1) is 6.61 Å². The van der Waals surface area contributed by atoms with Crippen molar-refractivity contribution < 1.29 is 4.74 Å². The lowest BCUT2D eigenvalue weighted by Crippen LogP contribution is -2.38. The van der Waals surface area contributed by atoms with Gasteiger partial charge in [-0.3, -0.25) is 4.90 Å². The summed E-state index contributed by atoms with van der Waals surface area (Å²) in [5.41, 5.74) is 0. The molecule has 0 aromatic rings. The molecule has 1 atom stereocenters. The minimum Gasteiger partial charge on any atom is -0.380 e. The van der Waals surface area contributed by atoms with Crippen molar-refractivity contribution in [3.63, 3.8) is 0 Å². The van der Waals surface area contributed by atoms with Crippen molar-refractivity contribution >= 4 is 11.6 Å². The highest BCUT2D eigenvalue weighted by molar-refractivity contribution is 6.18. The Bertz CT molecular complexity index is 146. The van der Waals surface area contributed by atoms with Crippen LogP contribution in [0.4, 0.5) is 0 Å². The highest BCUT2D eigenvalue weighted by Gasteiger charge is 2.20. The first-order chi connectivity index (χ1) is 6.74. The van der Waals surface area contributed by atoms with E-state index in [1.54, 1.807) is 0 Å². The maximum atomic E-state index is 5.94. The first-order valence-electron chi connectivity index (χ1n) is 5.61. The molecule has 1 fully saturated rings. The fourth-order valence-corrected chi connectivity index (χ4v) is 2.08. The summed E-state index contributed by atoms with van der Waals surface area (Å²) in [6, 6.07) is 0.429. The Morgan fingerprint density at radius 1 is 1.21 bits per heavy atom. The molecule has 0 radical (unpaired) electrons. The molecular weight excluding hydrogens is 198 g/mol. The molecule has 0 saturated carbocycles. The van der Waals surface area contributed by atoms with Crippen molar-refractivity contribution in [3.05, 3.63) is 0 Å². The molecule has 2 nitrogen and oxygen atoms in total. The lowest BCUT2D eigenvalue weighted by molar-refractivity contribution is 0.0621. The monoisotopic (exact) mass is 219 g/mol. The molecule has 0 aromatic heterocycles. The van der Waals surface area contributed by atoms with Crippen molar-refractivity contribution in [2.24, 2.45) is 5.92 Å². The van der Waals surface area contributed by atoms with Gasteiger partial charge in [0, 0.05) is 18.5 Å². The van der Waals surface area contributed by atoms with E-state index >= 15 is 0 Å². The van der Waals surface area contributed by atoms with Crippen LogP contribution in [0.2, 0.25) is 0 Å². The van der Waals surface area contributed by atoms with Crippen LogP contribution in [0, 0.1) is 5.92 Å². The largest absolute Gasteiger partial charge is 0.380 e. The Kier molecular flexibility index (Phi) is 5.83. The Morgan fingerprint density at radius 3 is 2.36 bits per heavy atom. The quantitative estimate of drug-likeness (QED) is 0.636. The third kappa shape index (κ3) is 4.16. The van der Waals surface area contributed by atoms with Crippen molar-refractivity contribution in [2.45, 2.75) is 32.7 Å². The molecule has 1 heterocycles. The number of alkyl halides is 1. The molecule has 0 N–H and O–H groups in total. The van der Waals surface area contributed by atoms with Crippen LogP contribution in [0.5, 0.6) is 0 Å². The number of halogens is 1. The lowest BCUT2D eigenvalue weighted by Gasteiger charge is -2.25. The van der Waals surface area contributed by atoms with Gasteiger partial charge in [-0.1, -0.05) is 13.8 Å². The van der Waals surface area contributed by atoms with E-state index in [9.17, 15) is 0 Å². The Hall–Kier alpha value is 0.210. The van der Waals surface area contributed by atoms with Gasteiger partial charge in [-0.15, -0.1) is 11.6 Å². The highest BCUT2D eigenvalue weighted by atomic mass is 35.5. The summed E-state index contributed by atoms with van der Waals surface area (Å²) in [5, 5.41) is 0. The fraction of sp³-hybridized carbons (Fsp3) is 1.00. The van der Waals surface area contributed by atoms with E-state index in [-0.39, 0.29) is 0 Å². The van der Waals surface area contributed by atoms with Crippen LogP contribution in [0.3, 0.4) is 0 Å². The maximum Gasteiger partial charge on any atom is 0.0633 e. The van der Waals surface area contributed by atoms with E-state index < -0.39 is 0 Å². The zero-order valence-electron chi connectivity index (χ0n) is 9.34. The Morgan fingerprint density at radius 2 is 1.86 bits per heavy atom. The van der Waals surface area contributed by atoms with Gasteiger partial charge in [0.25, 0.3) is 0 Å². The lowest BCUT2D eigenvalue weighted by atomic mass is 10.2. The van der Waals surface area contributed by atoms with Crippen LogP contribution in [0.15, 0.2) is 0 Å². The van der Waals surface area contributed by atoms with Crippen LogP contribution in [0.1, 0.15) is 26.7 Å². The fourth-order valence-electron chi connectivity index (χ4n) is 1.79. The van der Waals surface area contributed by atoms with Gasteiger partial charge in [-0.2, -0.15) is 0 Å². The molecule has 84 valence electrons. The van der Waals surface area contributed by atoms with Crippen molar-refractivity contribution in [2.75, 3.05) is 32.2 Å². The summed E-state index contributed by atoms with van der Waals surface area (Å²) in [7, 11) is 0. The molecule has 1 saturated heterocycles. The van der Waals surface area contributed by atoms with E-state index in [1.807, 2.05) is 0 Å². The van der Waals surface area contributed by atoms with Gasteiger partial charge < -0.3 is 4.74 Å². The average molecular weight is 220 g/mol. The van der Waals surface area contributed by atoms with E-state index in [0.29, 0.717) is 17.8 Å². The summed E-state index contributed by atoms with van der Waals surface area (Å²) in [6.07, 6.45) is 2.63. The van der Waals surface area contributed by atoms with E-state index in [4.69, 9.17) is 16.3 Å². The molecule has 1 aliphatic heterocycles. The van der Waals surface area contributed by atoms with Crippen molar-refractivity contribution in [3.8, 4) is 0 Å². The number of nitrogens with zero attached hydrogens (tertiary/aromatic N) is 1. The normalized spacial score (nSPS) is 20.6. The average Bonchev–Trinajstić information content (AvgIpc) is 2.64. The molecule has 14 heavy (non-hydrogen) atoms. The molecule has 0 aromatic carbocycles. The Labute approximate surface area is 92.6 Å². The summed E-state index contributed by atoms with van der Waals surface area (Å²) in [4.78, 5) is 2.45. The second kappa shape index (κ2) is 6.65. The van der Waals surface area contributed by atoms with Gasteiger partial charge in [0.15, 0.2) is 0 Å². The first-order valence-corrected chi connectivity index (χ1v) is 6.15. The van der Waals surface area contributed by atoms with Crippen LogP contribution in [-0.4, -0.2) is 43.1 Å². The summed E-state index contributed by atoms with van der Waals surface area (Å²) in [6.45, 7) is 8.38. The SMILES string of the molecule is CC(C)COCC(CCl)N1CCCC1. The standard InChI is InChI=1S/C11H22ClNO/c1-10(2)8-14-9-11(7-12)13-5-3-4-6-13/h10-11H,3-9H2,1-2H3. The van der Waals surface area contributed by atoms with Gasteiger partial charge in [0.1, 0.15) is 0 Å². The van der Waals surface area contributed by atoms with Gasteiger partial charge in [-0.25, -0.2) is 0 Å². The second-order valence-electron chi connectivity index (χ2n) is 4.48. The first kappa shape index (κ1) is 12.3. The molecule has 1 rings (SSSR count). The Balaban J connectivity index is 2.17. The molecule has 1 unspecified atom stereocenters. The summed E-state index contributed by atoms with van der Waals surface area (Å²) < 4.78 is 5.63. The van der Waals surface area contributed by atoms with Gasteiger partial charge in [-0.05, 0) is 31.8 Å². The number of ether oxygens (including phenoxy) is 1. The number of likely N-dealkylation sites (tertiary alicyclic amines) is 1. The molecular formula is C11H22ClNO. The molecule has 1 aliphatic rings. The second-order valence-corrected chi connectivity index (χ2v) is 4.79. The highest BCUT2D eigenvalue weighted by Crippen LogP contribution is 2.13. The van der Waals surface area contributed by atoms with Crippen molar-refractivity contribution in [1.82, 2.24) is 4.90 Å². The maximum absolute atomic E-state index is 5.94. The van der Waals surface area contributed by atoms with Crippen LogP contribution in [-0.2, 0) is 4.74 Å². The number of hydrogen-bond acceptors (Lipinski definition) is 2. The molecule has 0 amide bonds. The molecule has 0 aliphatic carbocycles. The topological polar surface area (TPSA) is 12.5 Å². The predicted molar refractivity (Wildman–Crippen MR) is 61.0 cm³/mol. The van der Waals surface area contributed by atoms with Crippen LogP contribution >= 0.6 is 11.6 Å². The van der Waals surface area contributed by atoms with Crippen molar-refractivity contribution in [1.29, 1.82) is 0 Å². The smallest absolute Gasteiger partial charge is 0.0633 e. The summed E-state index contributed by atoms with van der Waals surface area (Å²) in [5.74, 6) is 1.31. The van der Waals surface area contributed by atoms with Crippen LogP contribution in [0.25, 0.3) is 0 Å². The zero-order chi connectivity index (χ0) is 10.4. The van der Waals surface area contributed by atoms with E-state index in [1.165, 1.54) is 25.9 Å². The number of rotatable bonds is 6. The third-order valence-electron chi connectivity index (χ3n) is 2.60. The van der Waals surface area contributed by atoms with Gasteiger partial charge >= 0.3 is 0 Å². The molecule has 0 bridgehead atoms. The summed E-state index contributed by atoms with van der Waals surface area (Å²) >= 11 is 5.94. The minimum absolute atomic E-state index is 0.429. The van der Waals surface area contributed by atoms with E-state index in [0.717, 1.165) is 13.2 Å².